The topological polar surface area (TPSA) is 67.4 Å². The maximum atomic E-state index is 11.3. The molecule has 0 bridgehead atoms. The van der Waals surface area contributed by atoms with Crippen LogP contribution in [-0.2, 0) is 14.3 Å². The van der Waals surface area contributed by atoms with Gasteiger partial charge in [0.15, 0.2) is 0 Å². The van der Waals surface area contributed by atoms with Gasteiger partial charge in [-0.2, -0.15) is 0 Å². The fourth-order valence-electron chi connectivity index (χ4n) is 1.15. The number of hydrogen-bond donors (Lipinski definition) is 2. The Morgan fingerprint density at radius 1 is 1.31 bits per heavy atom. The standard InChI is InChI=1S/C11H22N2O3/c1-5-6-12-10(14)7-13-9(3)8(2)11(15)16-4/h8-9,13H,5-7H2,1-4H3,(H,12,14). The van der Waals surface area contributed by atoms with E-state index in [1.54, 1.807) is 6.92 Å². The van der Waals surface area contributed by atoms with E-state index in [0.717, 1.165) is 6.42 Å². The van der Waals surface area contributed by atoms with Crippen LogP contribution < -0.4 is 10.6 Å². The molecule has 0 fully saturated rings. The van der Waals surface area contributed by atoms with Crippen molar-refractivity contribution in [1.29, 1.82) is 0 Å². The van der Waals surface area contributed by atoms with Crippen LogP contribution in [0.5, 0.6) is 0 Å². The van der Waals surface area contributed by atoms with E-state index < -0.39 is 0 Å². The highest BCUT2D eigenvalue weighted by molar-refractivity contribution is 5.78. The minimum Gasteiger partial charge on any atom is -0.469 e. The Labute approximate surface area is 96.9 Å². The molecule has 1 amide bonds. The van der Waals surface area contributed by atoms with Crippen LogP contribution in [0.15, 0.2) is 0 Å². The molecule has 0 saturated heterocycles. The van der Waals surface area contributed by atoms with Crippen molar-refractivity contribution in [3.05, 3.63) is 0 Å². The van der Waals surface area contributed by atoms with Gasteiger partial charge in [-0.1, -0.05) is 13.8 Å². The lowest BCUT2D eigenvalue weighted by molar-refractivity contribution is -0.145. The number of hydrogen-bond acceptors (Lipinski definition) is 4. The van der Waals surface area contributed by atoms with Crippen molar-refractivity contribution >= 4 is 11.9 Å². The van der Waals surface area contributed by atoms with Gasteiger partial charge in [-0.3, -0.25) is 9.59 Å². The monoisotopic (exact) mass is 230 g/mol. The number of esters is 1. The summed E-state index contributed by atoms with van der Waals surface area (Å²) < 4.78 is 4.63. The maximum Gasteiger partial charge on any atom is 0.309 e. The molecule has 0 radical (unpaired) electrons. The first-order valence-electron chi connectivity index (χ1n) is 5.60. The number of ether oxygens (including phenoxy) is 1. The molecule has 94 valence electrons. The van der Waals surface area contributed by atoms with Gasteiger partial charge in [-0.25, -0.2) is 0 Å². The molecule has 2 unspecified atom stereocenters. The van der Waals surface area contributed by atoms with E-state index in [9.17, 15) is 9.59 Å². The van der Waals surface area contributed by atoms with Gasteiger partial charge in [0.1, 0.15) is 0 Å². The zero-order chi connectivity index (χ0) is 12.6. The first kappa shape index (κ1) is 14.9. The predicted octanol–water partition coefficient (Wildman–Crippen LogP) is 0.300. The second-order valence-corrected chi connectivity index (χ2v) is 3.83. The summed E-state index contributed by atoms with van der Waals surface area (Å²) in [7, 11) is 1.36. The second kappa shape index (κ2) is 8.10. The number of carbonyl (C=O) groups is 2. The number of nitrogens with one attached hydrogen (secondary N) is 2. The predicted molar refractivity (Wildman–Crippen MR) is 61.9 cm³/mol. The van der Waals surface area contributed by atoms with Crippen molar-refractivity contribution in [2.45, 2.75) is 33.2 Å². The number of rotatable bonds is 7. The summed E-state index contributed by atoms with van der Waals surface area (Å²) in [6, 6.07) is -0.0835. The van der Waals surface area contributed by atoms with Crippen LogP contribution in [0.2, 0.25) is 0 Å². The quantitative estimate of drug-likeness (QED) is 0.617. The van der Waals surface area contributed by atoms with Gasteiger partial charge >= 0.3 is 5.97 Å². The van der Waals surface area contributed by atoms with Crippen LogP contribution in [0.4, 0.5) is 0 Å². The van der Waals surface area contributed by atoms with Crippen molar-refractivity contribution in [3.8, 4) is 0 Å². The van der Waals surface area contributed by atoms with Crippen LogP contribution in [0.1, 0.15) is 27.2 Å². The SMILES string of the molecule is CCCNC(=O)CNC(C)C(C)C(=O)OC. The maximum absolute atomic E-state index is 11.3. The Kier molecular flexibility index (Phi) is 7.54. The van der Waals surface area contributed by atoms with Gasteiger partial charge in [-0.15, -0.1) is 0 Å². The molecule has 2 atom stereocenters. The first-order chi connectivity index (χ1) is 7.52. The first-order valence-corrected chi connectivity index (χ1v) is 5.60. The third-order valence-electron chi connectivity index (χ3n) is 2.48. The fourth-order valence-corrected chi connectivity index (χ4v) is 1.15. The summed E-state index contributed by atoms with van der Waals surface area (Å²) in [5.74, 6) is -0.580. The largest absolute Gasteiger partial charge is 0.469 e. The fraction of sp³-hybridized carbons (Fsp3) is 0.818. The van der Waals surface area contributed by atoms with E-state index in [1.165, 1.54) is 7.11 Å². The smallest absolute Gasteiger partial charge is 0.309 e. The minimum absolute atomic E-state index is 0.0502. The molecule has 0 aliphatic carbocycles. The van der Waals surface area contributed by atoms with Crippen LogP contribution in [0, 0.1) is 5.92 Å². The number of amides is 1. The third-order valence-corrected chi connectivity index (χ3v) is 2.48. The van der Waals surface area contributed by atoms with E-state index in [2.05, 4.69) is 15.4 Å². The lowest BCUT2D eigenvalue weighted by atomic mass is 10.0. The zero-order valence-corrected chi connectivity index (χ0v) is 10.5. The van der Waals surface area contributed by atoms with Gasteiger partial charge in [0.05, 0.1) is 19.6 Å². The molecule has 2 N–H and O–H groups in total. The molecule has 0 heterocycles. The molecular weight excluding hydrogens is 208 g/mol. The summed E-state index contributed by atoms with van der Waals surface area (Å²) in [5.41, 5.74) is 0. The molecule has 0 spiro atoms. The number of carbonyl (C=O) groups excluding carboxylic acids is 2. The van der Waals surface area contributed by atoms with Gasteiger partial charge in [0, 0.05) is 12.6 Å². The van der Waals surface area contributed by atoms with Crippen molar-refractivity contribution in [2.24, 2.45) is 5.92 Å². The summed E-state index contributed by atoms with van der Waals surface area (Å²) in [6.07, 6.45) is 0.917. The van der Waals surface area contributed by atoms with Gasteiger partial charge in [0.2, 0.25) is 5.91 Å². The van der Waals surface area contributed by atoms with E-state index in [4.69, 9.17) is 0 Å². The molecule has 0 aromatic carbocycles. The normalized spacial score (nSPS) is 14.0. The molecule has 0 aromatic rings. The molecule has 0 aliphatic heterocycles. The van der Waals surface area contributed by atoms with Crippen molar-refractivity contribution in [3.63, 3.8) is 0 Å². The Morgan fingerprint density at radius 2 is 1.94 bits per heavy atom. The highest BCUT2D eigenvalue weighted by Gasteiger charge is 2.20. The van der Waals surface area contributed by atoms with Crippen LogP contribution in [0.3, 0.4) is 0 Å². The third kappa shape index (κ3) is 5.70. The van der Waals surface area contributed by atoms with Crippen LogP contribution in [-0.4, -0.2) is 38.1 Å². The molecule has 0 saturated carbocycles. The van der Waals surface area contributed by atoms with Crippen molar-refractivity contribution in [1.82, 2.24) is 10.6 Å². The van der Waals surface area contributed by atoms with Crippen LogP contribution in [0.25, 0.3) is 0 Å². The highest BCUT2D eigenvalue weighted by Crippen LogP contribution is 2.03. The van der Waals surface area contributed by atoms with E-state index in [-0.39, 0.29) is 30.4 Å². The summed E-state index contributed by atoms with van der Waals surface area (Å²) in [6.45, 7) is 6.53. The second-order valence-electron chi connectivity index (χ2n) is 3.83. The molecule has 5 nitrogen and oxygen atoms in total. The molecule has 0 aliphatic rings. The average Bonchev–Trinajstić information content (AvgIpc) is 2.31. The lowest BCUT2D eigenvalue weighted by Gasteiger charge is -2.18. The molecule has 5 heteroatoms. The summed E-state index contributed by atoms with van der Waals surface area (Å²) >= 11 is 0. The Morgan fingerprint density at radius 3 is 2.44 bits per heavy atom. The minimum atomic E-state index is -0.269. The Balaban J connectivity index is 3.83. The van der Waals surface area contributed by atoms with Crippen molar-refractivity contribution in [2.75, 3.05) is 20.2 Å². The molecular formula is C11H22N2O3. The highest BCUT2D eigenvalue weighted by atomic mass is 16.5. The Hall–Kier alpha value is -1.10. The van der Waals surface area contributed by atoms with E-state index >= 15 is 0 Å². The molecule has 16 heavy (non-hydrogen) atoms. The summed E-state index contributed by atoms with van der Waals surface area (Å²) in [4.78, 5) is 22.5. The average molecular weight is 230 g/mol. The number of methoxy groups -OCH3 is 1. The van der Waals surface area contributed by atoms with Gasteiger partial charge in [0.25, 0.3) is 0 Å². The Bertz CT molecular complexity index is 231. The van der Waals surface area contributed by atoms with E-state index in [0.29, 0.717) is 6.54 Å². The molecule has 0 rings (SSSR count). The van der Waals surface area contributed by atoms with Crippen molar-refractivity contribution < 1.29 is 14.3 Å². The van der Waals surface area contributed by atoms with Gasteiger partial charge in [-0.05, 0) is 13.3 Å². The van der Waals surface area contributed by atoms with Gasteiger partial charge < -0.3 is 15.4 Å². The van der Waals surface area contributed by atoms with E-state index in [1.807, 2.05) is 13.8 Å². The summed E-state index contributed by atoms with van der Waals surface area (Å²) in [5, 5.41) is 5.75. The molecule has 0 aromatic heterocycles. The van der Waals surface area contributed by atoms with Crippen LogP contribution >= 0.6 is 0 Å². The zero-order valence-electron chi connectivity index (χ0n) is 10.5. The lowest BCUT2D eigenvalue weighted by Crippen LogP contribution is -2.42.